The van der Waals surface area contributed by atoms with Crippen molar-refractivity contribution in [3.8, 4) is 0 Å². The van der Waals surface area contributed by atoms with Crippen LogP contribution < -0.4 is 0 Å². The predicted octanol–water partition coefficient (Wildman–Crippen LogP) is -0.0203. The van der Waals surface area contributed by atoms with Gasteiger partial charge in [-0.2, -0.15) is 0 Å². The van der Waals surface area contributed by atoms with Crippen molar-refractivity contribution in [1.29, 1.82) is 0 Å². The van der Waals surface area contributed by atoms with Gasteiger partial charge in [-0.3, -0.25) is 10.1 Å². The van der Waals surface area contributed by atoms with Gasteiger partial charge in [0.25, 0.3) is 0 Å². The van der Waals surface area contributed by atoms with Gasteiger partial charge < -0.3 is 0 Å². The van der Waals surface area contributed by atoms with Gasteiger partial charge >= 0.3 is 5.88 Å². The summed E-state index contributed by atoms with van der Waals surface area (Å²) in [5, 5.41) is 9.64. The molecule has 0 aromatic heterocycles. The fraction of sp³-hybridized carbons (Fsp3) is 1.00. The van der Waals surface area contributed by atoms with Crippen molar-refractivity contribution >= 4 is 9.93 Å². The van der Waals surface area contributed by atoms with E-state index in [9.17, 15) is 14.3 Å². The van der Waals surface area contributed by atoms with Crippen LogP contribution in [-0.2, 0) is 14.1 Å². The summed E-state index contributed by atoms with van der Waals surface area (Å²) in [4.78, 5) is 9.07. The van der Waals surface area contributed by atoms with Crippen molar-refractivity contribution in [2.24, 2.45) is 0 Å². The van der Waals surface area contributed by atoms with E-state index in [2.05, 4.69) is 0 Å². The van der Waals surface area contributed by atoms with Gasteiger partial charge in [0.1, 0.15) is 22.4 Å². The number of hydrogen-bond acceptors (Lipinski definition) is 3. The zero-order chi connectivity index (χ0) is 6.78. The maximum atomic E-state index is 10.6. The summed E-state index contributed by atoms with van der Waals surface area (Å²) >= 11 is 0. The van der Waals surface area contributed by atoms with Gasteiger partial charge in [-0.15, -0.1) is 0 Å². The minimum Gasteiger partial charge on any atom is -0.260 e. The second-order valence-electron chi connectivity index (χ2n) is 1.90. The minimum atomic E-state index is -2.17. The number of nitrogens with zero attached hydrogens (tertiary/aromatic N) is 1. The van der Waals surface area contributed by atoms with E-state index in [0.717, 1.165) is 0 Å². The minimum absolute atomic E-state index is 0.424. The average molecular weight is 138 g/mol. The smallest absolute Gasteiger partial charge is 0.260 e. The lowest BCUT2D eigenvalue weighted by Gasteiger charge is -1.90. The van der Waals surface area contributed by atoms with Crippen LogP contribution >= 0.6 is 0 Å². The highest BCUT2D eigenvalue weighted by Gasteiger charge is 2.19. The first kappa shape index (κ1) is 7.55. The molecule has 0 bridgehead atoms. The van der Waals surface area contributed by atoms with Crippen LogP contribution in [0.1, 0.15) is 0 Å². The van der Waals surface area contributed by atoms with E-state index in [1.165, 1.54) is 12.5 Å². The molecule has 0 saturated carbocycles. The third kappa shape index (κ3) is 5.55. The van der Waals surface area contributed by atoms with E-state index in [1.54, 1.807) is 0 Å². The van der Waals surface area contributed by atoms with E-state index in [0.29, 0.717) is 0 Å². The second-order valence-corrected chi connectivity index (χ2v) is 5.03. The molecule has 0 aromatic carbocycles. The monoisotopic (exact) mass is 138 g/mol. The Morgan fingerprint density at radius 3 is 2.00 bits per heavy atom. The summed E-state index contributed by atoms with van der Waals surface area (Å²) in [6.45, 7) is 0. The van der Waals surface area contributed by atoms with Crippen LogP contribution in [0, 0.1) is 10.1 Å². The highest BCUT2D eigenvalue weighted by Crippen LogP contribution is 1.91. The summed E-state index contributed by atoms with van der Waals surface area (Å²) in [6, 6.07) is 0. The number of rotatable bonds is 2. The molecular formula is C3H8NO3S+. The quantitative estimate of drug-likeness (QED) is 0.306. The summed E-state index contributed by atoms with van der Waals surface area (Å²) in [7, 11) is -2.17. The van der Waals surface area contributed by atoms with Crippen molar-refractivity contribution in [1.82, 2.24) is 0 Å². The van der Waals surface area contributed by atoms with Crippen molar-refractivity contribution in [2.75, 3.05) is 18.4 Å². The molecule has 0 aromatic rings. The van der Waals surface area contributed by atoms with Gasteiger partial charge in [-0.25, -0.2) is 0 Å². The molecule has 8 heavy (non-hydrogen) atoms. The molecule has 0 amide bonds. The molecule has 4 nitrogen and oxygen atoms in total. The van der Waals surface area contributed by atoms with Crippen molar-refractivity contribution in [3.63, 3.8) is 0 Å². The fourth-order valence-electron chi connectivity index (χ4n) is 0.254. The standard InChI is InChI=1S/C3H8NO3S/c1-8(2,7)3-4(5)6/h3H2,1-2H3/q+1. The highest BCUT2D eigenvalue weighted by molar-refractivity contribution is 8.01. The number of nitro groups is 1. The Hall–Kier alpha value is -0.450. The first-order valence-corrected chi connectivity index (χ1v) is 4.50. The summed E-state index contributed by atoms with van der Waals surface area (Å²) in [5.74, 6) is -0.424. The predicted molar refractivity (Wildman–Crippen MR) is 31.8 cm³/mol. The fourth-order valence-corrected chi connectivity index (χ4v) is 0.762. The Balaban J connectivity index is 3.74. The van der Waals surface area contributed by atoms with Gasteiger partial charge in [-0.05, 0) is 0 Å². The molecule has 0 N–H and O–H groups in total. The maximum absolute atomic E-state index is 10.6. The van der Waals surface area contributed by atoms with Crippen molar-refractivity contribution in [3.05, 3.63) is 10.1 Å². The molecule has 0 radical (unpaired) electrons. The SMILES string of the molecule is C[S+](C)(=O)C[N+](=O)[O-]. The molecule has 0 atom stereocenters. The van der Waals surface area contributed by atoms with Crippen LogP contribution in [0.5, 0.6) is 0 Å². The maximum Gasteiger partial charge on any atom is 0.353 e. The molecular weight excluding hydrogens is 130 g/mol. The average Bonchev–Trinajstić information content (AvgIpc) is 1.21. The van der Waals surface area contributed by atoms with Crippen molar-refractivity contribution < 1.29 is 9.13 Å². The molecule has 5 heteroatoms. The van der Waals surface area contributed by atoms with Gasteiger partial charge in [0.05, 0.1) is 4.92 Å². The molecule has 48 valence electrons. The molecule has 0 aliphatic heterocycles. The summed E-state index contributed by atoms with van der Waals surface area (Å²) in [6.07, 6.45) is 2.74. The lowest BCUT2D eigenvalue weighted by atomic mass is 11.5. The highest BCUT2D eigenvalue weighted by atomic mass is 32.2. The van der Waals surface area contributed by atoms with Crippen LogP contribution in [0.2, 0.25) is 0 Å². The Labute approximate surface area is 48.5 Å². The zero-order valence-corrected chi connectivity index (χ0v) is 5.60. The largest absolute Gasteiger partial charge is 0.353 e. The van der Waals surface area contributed by atoms with Crippen LogP contribution in [-0.4, -0.2) is 23.3 Å². The first-order chi connectivity index (χ1) is 3.42. The van der Waals surface area contributed by atoms with E-state index < -0.39 is 20.7 Å². The zero-order valence-electron chi connectivity index (χ0n) is 4.79. The van der Waals surface area contributed by atoms with Gasteiger partial charge in [0.15, 0.2) is 0 Å². The molecule has 0 saturated heterocycles. The Bertz CT molecular complexity index is 137. The van der Waals surface area contributed by atoms with Crippen LogP contribution in [0.4, 0.5) is 0 Å². The van der Waals surface area contributed by atoms with E-state index in [1.807, 2.05) is 0 Å². The Kier molecular flexibility index (Phi) is 2.09. The molecule has 0 fully saturated rings. The molecule has 0 spiro atoms. The van der Waals surface area contributed by atoms with E-state index >= 15 is 0 Å². The Morgan fingerprint density at radius 2 is 2.00 bits per heavy atom. The lowest BCUT2D eigenvalue weighted by molar-refractivity contribution is -0.458. The van der Waals surface area contributed by atoms with Gasteiger partial charge in [0.2, 0.25) is 0 Å². The molecule has 0 unspecified atom stereocenters. The second kappa shape index (κ2) is 2.21. The van der Waals surface area contributed by atoms with Crippen molar-refractivity contribution in [2.45, 2.75) is 0 Å². The topological polar surface area (TPSA) is 60.2 Å². The van der Waals surface area contributed by atoms with Crippen LogP contribution in [0.3, 0.4) is 0 Å². The van der Waals surface area contributed by atoms with Gasteiger partial charge in [0, 0.05) is 0 Å². The lowest BCUT2D eigenvalue weighted by Crippen LogP contribution is -2.17. The summed E-state index contributed by atoms with van der Waals surface area (Å²) in [5.41, 5.74) is 0. The Morgan fingerprint density at radius 1 is 1.62 bits per heavy atom. The van der Waals surface area contributed by atoms with E-state index in [4.69, 9.17) is 0 Å². The third-order valence-electron chi connectivity index (χ3n) is 0.416. The third-order valence-corrected chi connectivity index (χ3v) is 1.25. The van der Waals surface area contributed by atoms with E-state index in [-0.39, 0.29) is 0 Å². The van der Waals surface area contributed by atoms with Gasteiger partial charge in [-0.1, -0.05) is 4.21 Å². The molecule has 0 rings (SSSR count). The molecule has 0 heterocycles. The van der Waals surface area contributed by atoms with Crippen LogP contribution in [0.15, 0.2) is 0 Å². The summed E-state index contributed by atoms with van der Waals surface area (Å²) < 4.78 is 10.6. The normalized spacial score (nSPS) is 11.2. The molecule has 0 aliphatic carbocycles. The van der Waals surface area contributed by atoms with Crippen LogP contribution in [0.25, 0.3) is 0 Å². The number of hydrogen-bond donors (Lipinski definition) is 0. The molecule has 0 aliphatic rings. The first-order valence-electron chi connectivity index (χ1n) is 1.95.